The Morgan fingerprint density at radius 2 is 1.81 bits per heavy atom. The van der Waals surface area contributed by atoms with Crippen molar-refractivity contribution >= 4 is 5.91 Å². The van der Waals surface area contributed by atoms with E-state index < -0.39 is 12.5 Å². The molecule has 7 heteroatoms. The smallest absolute Gasteiger partial charge is 0.406 e. The molecule has 0 bridgehead atoms. The summed E-state index contributed by atoms with van der Waals surface area (Å²) in [6.45, 7) is 1.96. The molecule has 0 unspecified atom stereocenters. The third-order valence-corrected chi connectivity index (χ3v) is 3.77. The van der Waals surface area contributed by atoms with Gasteiger partial charge in [0.1, 0.15) is 5.75 Å². The first-order valence-electron chi connectivity index (χ1n) is 8.09. The molecule has 0 spiro atoms. The summed E-state index contributed by atoms with van der Waals surface area (Å²) in [5, 5.41) is 12.6. The van der Waals surface area contributed by atoms with Crippen LogP contribution >= 0.6 is 0 Å². The third kappa shape index (κ3) is 6.40. The van der Waals surface area contributed by atoms with E-state index in [1.165, 1.54) is 18.2 Å². The zero-order valence-corrected chi connectivity index (χ0v) is 14.2. The van der Waals surface area contributed by atoms with E-state index in [4.69, 9.17) is 0 Å². The first-order valence-corrected chi connectivity index (χ1v) is 8.09. The van der Waals surface area contributed by atoms with Crippen molar-refractivity contribution in [2.75, 3.05) is 6.54 Å². The largest absolute Gasteiger partial charge is 0.573 e. The van der Waals surface area contributed by atoms with Gasteiger partial charge in [-0.25, -0.2) is 0 Å². The van der Waals surface area contributed by atoms with E-state index in [9.17, 15) is 23.1 Å². The lowest BCUT2D eigenvalue weighted by molar-refractivity contribution is -0.274. The third-order valence-electron chi connectivity index (χ3n) is 3.77. The van der Waals surface area contributed by atoms with Crippen LogP contribution in [-0.4, -0.2) is 23.9 Å². The molecule has 0 heterocycles. The summed E-state index contributed by atoms with van der Waals surface area (Å²) in [5.74, 6) is -0.675. The number of para-hydroxylation sites is 1. The Balaban J connectivity index is 1.84. The number of hydrogen-bond acceptors (Lipinski definition) is 3. The Morgan fingerprint density at radius 3 is 2.46 bits per heavy atom. The van der Waals surface area contributed by atoms with Gasteiger partial charge >= 0.3 is 6.36 Å². The van der Waals surface area contributed by atoms with Gasteiger partial charge in [0.25, 0.3) is 0 Å². The normalized spacial score (nSPS) is 12.5. The van der Waals surface area contributed by atoms with Crippen LogP contribution in [0, 0.1) is 6.92 Å². The van der Waals surface area contributed by atoms with Gasteiger partial charge in [-0.1, -0.05) is 48.0 Å². The number of rotatable bonds is 7. The van der Waals surface area contributed by atoms with Crippen LogP contribution in [0.15, 0.2) is 48.5 Å². The Bertz CT molecular complexity index is 730. The summed E-state index contributed by atoms with van der Waals surface area (Å²) >= 11 is 0. The first-order chi connectivity index (χ1) is 12.2. The summed E-state index contributed by atoms with van der Waals surface area (Å²) < 4.78 is 41.1. The maximum atomic E-state index is 12.4. The molecular weight excluding hydrogens is 347 g/mol. The van der Waals surface area contributed by atoms with E-state index in [0.717, 1.165) is 5.56 Å². The summed E-state index contributed by atoms with van der Waals surface area (Å²) in [4.78, 5) is 11.9. The molecule has 2 rings (SSSR count). The predicted octanol–water partition coefficient (Wildman–Crippen LogP) is 3.68. The molecule has 2 aromatic rings. The van der Waals surface area contributed by atoms with Gasteiger partial charge in [0.15, 0.2) is 0 Å². The number of carbonyl (C=O) groups is 1. The van der Waals surface area contributed by atoms with Gasteiger partial charge < -0.3 is 15.2 Å². The molecular formula is C19H20F3NO3. The molecule has 1 atom stereocenters. The van der Waals surface area contributed by atoms with Crippen LogP contribution < -0.4 is 10.1 Å². The van der Waals surface area contributed by atoms with Crippen molar-refractivity contribution in [2.45, 2.75) is 32.2 Å². The molecule has 1 amide bonds. The molecule has 0 radical (unpaired) electrons. The highest BCUT2D eigenvalue weighted by Gasteiger charge is 2.31. The second-order valence-corrected chi connectivity index (χ2v) is 5.89. The fourth-order valence-electron chi connectivity index (χ4n) is 2.39. The quantitative estimate of drug-likeness (QED) is 0.785. The molecule has 0 aromatic heterocycles. The van der Waals surface area contributed by atoms with Crippen LogP contribution in [-0.2, 0) is 11.2 Å². The van der Waals surface area contributed by atoms with E-state index in [0.29, 0.717) is 11.1 Å². The summed E-state index contributed by atoms with van der Waals surface area (Å²) in [5.41, 5.74) is 2.03. The summed E-state index contributed by atoms with van der Waals surface area (Å²) in [6.07, 6.45) is -5.55. The topological polar surface area (TPSA) is 58.6 Å². The summed E-state index contributed by atoms with van der Waals surface area (Å²) in [6, 6.07) is 13.0. The molecule has 2 N–H and O–H groups in total. The molecule has 26 heavy (non-hydrogen) atoms. The lowest BCUT2D eigenvalue weighted by Crippen LogP contribution is -2.28. The second kappa shape index (κ2) is 8.71. The molecule has 140 valence electrons. The monoisotopic (exact) mass is 367 g/mol. The lowest BCUT2D eigenvalue weighted by atomic mass is 10.1. The van der Waals surface area contributed by atoms with E-state index in [2.05, 4.69) is 10.1 Å². The van der Waals surface area contributed by atoms with Crippen molar-refractivity contribution in [1.29, 1.82) is 0 Å². The molecule has 0 aliphatic rings. The number of hydrogen-bond donors (Lipinski definition) is 2. The number of halogens is 3. The fourth-order valence-corrected chi connectivity index (χ4v) is 2.39. The van der Waals surface area contributed by atoms with Gasteiger partial charge in [-0.3, -0.25) is 4.79 Å². The van der Waals surface area contributed by atoms with E-state index >= 15 is 0 Å². The highest BCUT2D eigenvalue weighted by molar-refractivity contribution is 5.76. The van der Waals surface area contributed by atoms with Crippen LogP contribution in [0.5, 0.6) is 5.75 Å². The molecule has 4 nitrogen and oxygen atoms in total. The first kappa shape index (κ1) is 19.8. The Kier molecular flexibility index (Phi) is 6.63. The van der Waals surface area contributed by atoms with Crippen molar-refractivity contribution in [3.63, 3.8) is 0 Å². The van der Waals surface area contributed by atoms with Crippen molar-refractivity contribution in [3.8, 4) is 5.75 Å². The number of amides is 1. The van der Waals surface area contributed by atoms with Gasteiger partial charge in [0.05, 0.1) is 6.10 Å². The van der Waals surface area contributed by atoms with Crippen molar-refractivity contribution < 1.29 is 27.8 Å². The molecule has 0 saturated carbocycles. The molecule has 0 aliphatic heterocycles. The van der Waals surface area contributed by atoms with Crippen LogP contribution in [0.1, 0.15) is 29.2 Å². The SMILES string of the molecule is Cc1ccc([C@H](O)CNC(=O)CCc2ccccc2OC(F)(F)F)cc1. The minimum atomic E-state index is -4.78. The van der Waals surface area contributed by atoms with Crippen LogP contribution in [0.2, 0.25) is 0 Å². The highest BCUT2D eigenvalue weighted by atomic mass is 19.4. The van der Waals surface area contributed by atoms with Gasteiger partial charge in [0, 0.05) is 13.0 Å². The van der Waals surface area contributed by atoms with E-state index in [-0.39, 0.29) is 31.0 Å². The Hall–Kier alpha value is -2.54. The average molecular weight is 367 g/mol. The fraction of sp³-hybridized carbons (Fsp3) is 0.316. The van der Waals surface area contributed by atoms with Crippen molar-refractivity contribution in [3.05, 3.63) is 65.2 Å². The van der Waals surface area contributed by atoms with E-state index in [1.807, 2.05) is 19.1 Å². The Morgan fingerprint density at radius 1 is 1.15 bits per heavy atom. The highest BCUT2D eigenvalue weighted by Crippen LogP contribution is 2.27. The number of nitrogens with one attached hydrogen (secondary N) is 1. The van der Waals surface area contributed by atoms with Crippen molar-refractivity contribution in [1.82, 2.24) is 5.32 Å². The molecule has 0 aliphatic carbocycles. The maximum absolute atomic E-state index is 12.4. The zero-order valence-electron chi connectivity index (χ0n) is 14.2. The number of ether oxygens (including phenoxy) is 1. The van der Waals surface area contributed by atoms with Gasteiger partial charge in [-0.05, 0) is 30.5 Å². The number of carbonyl (C=O) groups excluding carboxylic acids is 1. The number of aliphatic hydroxyl groups is 1. The predicted molar refractivity (Wildman–Crippen MR) is 90.6 cm³/mol. The van der Waals surface area contributed by atoms with E-state index in [1.54, 1.807) is 18.2 Å². The van der Waals surface area contributed by atoms with Gasteiger partial charge in [-0.2, -0.15) is 0 Å². The lowest BCUT2D eigenvalue weighted by Gasteiger charge is -2.14. The standard InChI is InChI=1S/C19H20F3NO3/c1-13-6-8-14(9-7-13)16(24)12-23-18(25)11-10-15-4-2-3-5-17(15)26-19(20,21)22/h2-9,16,24H,10-12H2,1H3,(H,23,25)/t16-/m1/s1. The van der Waals surface area contributed by atoms with Crippen molar-refractivity contribution in [2.24, 2.45) is 0 Å². The number of aliphatic hydroxyl groups excluding tert-OH is 1. The van der Waals surface area contributed by atoms with Crippen LogP contribution in [0.3, 0.4) is 0 Å². The van der Waals surface area contributed by atoms with Crippen LogP contribution in [0.25, 0.3) is 0 Å². The minimum Gasteiger partial charge on any atom is -0.406 e. The number of benzene rings is 2. The maximum Gasteiger partial charge on any atom is 0.573 e. The number of aryl methyl sites for hydroxylation is 2. The molecule has 0 fully saturated rings. The average Bonchev–Trinajstić information content (AvgIpc) is 2.58. The molecule has 2 aromatic carbocycles. The Labute approximate surface area is 149 Å². The number of alkyl halides is 3. The van der Waals surface area contributed by atoms with Crippen LogP contribution in [0.4, 0.5) is 13.2 Å². The molecule has 0 saturated heterocycles. The minimum absolute atomic E-state index is 0.0150. The second-order valence-electron chi connectivity index (χ2n) is 5.89. The zero-order chi connectivity index (χ0) is 19.2. The van der Waals surface area contributed by atoms with Gasteiger partial charge in [-0.15, -0.1) is 13.2 Å². The van der Waals surface area contributed by atoms with Gasteiger partial charge in [0.2, 0.25) is 5.91 Å². The summed E-state index contributed by atoms with van der Waals surface area (Å²) in [7, 11) is 0.